The molecule has 1 saturated heterocycles. The lowest BCUT2D eigenvalue weighted by molar-refractivity contribution is 0.123. The summed E-state index contributed by atoms with van der Waals surface area (Å²) in [5.41, 5.74) is 1.43. The van der Waals surface area contributed by atoms with Gasteiger partial charge in [0.1, 0.15) is 0 Å². The van der Waals surface area contributed by atoms with Crippen molar-refractivity contribution >= 4 is 11.8 Å². The van der Waals surface area contributed by atoms with E-state index in [1.165, 1.54) is 42.9 Å². The molecular formula is C18H30N2S. The van der Waals surface area contributed by atoms with Crippen molar-refractivity contribution in [1.29, 1.82) is 0 Å². The van der Waals surface area contributed by atoms with E-state index in [0.29, 0.717) is 6.04 Å². The Morgan fingerprint density at radius 3 is 2.76 bits per heavy atom. The van der Waals surface area contributed by atoms with E-state index in [1.54, 1.807) is 0 Å². The first-order valence-electron chi connectivity index (χ1n) is 8.45. The number of benzene rings is 1. The molecule has 2 unspecified atom stereocenters. The van der Waals surface area contributed by atoms with E-state index in [2.05, 4.69) is 66.2 Å². The minimum atomic E-state index is 0.498. The van der Waals surface area contributed by atoms with Gasteiger partial charge in [0.25, 0.3) is 0 Å². The van der Waals surface area contributed by atoms with Crippen molar-refractivity contribution in [3.63, 3.8) is 0 Å². The molecule has 2 atom stereocenters. The fourth-order valence-electron chi connectivity index (χ4n) is 3.17. The van der Waals surface area contributed by atoms with Gasteiger partial charge >= 0.3 is 0 Å². The third-order valence-electron chi connectivity index (χ3n) is 4.30. The van der Waals surface area contributed by atoms with Crippen molar-refractivity contribution in [3.8, 4) is 0 Å². The molecule has 0 bridgehead atoms. The molecule has 0 aromatic heterocycles. The van der Waals surface area contributed by atoms with Gasteiger partial charge in [-0.05, 0) is 36.5 Å². The first-order chi connectivity index (χ1) is 10.3. The predicted molar refractivity (Wildman–Crippen MR) is 95.1 cm³/mol. The van der Waals surface area contributed by atoms with Crippen molar-refractivity contribution in [2.45, 2.75) is 45.2 Å². The summed E-state index contributed by atoms with van der Waals surface area (Å²) >= 11 is 2.07. The van der Waals surface area contributed by atoms with E-state index < -0.39 is 0 Å². The lowest BCUT2D eigenvalue weighted by Gasteiger charge is -2.40. The van der Waals surface area contributed by atoms with E-state index in [9.17, 15) is 0 Å². The Kier molecular flexibility index (Phi) is 7.62. The van der Waals surface area contributed by atoms with E-state index in [-0.39, 0.29) is 0 Å². The third kappa shape index (κ3) is 5.32. The van der Waals surface area contributed by atoms with E-state index in [1.807, 2.05) is 0 Å². The average Bonchev–Trinajstić information content (AvgIpc) is 2.54. The molecule has 1 heterocycles. The Morgan fingerprint density at radius 2 is 2.05 bits per heavy atom. The van der Waals surface area contributed by atoms with Gasteiger partial charge in [-0.2, -0.15) is 11.8 Å². The fraction of sp³-hybridized carbons (Fsp3) is 0.667. The minimum Gasteiger partial charge on any atom is -0.307 e. The number of piperazine rings is 1. The Morgan fingerprint density at radius 1 is 1.24 bits per heavy atom. The van der Waals surface area contributed by atoms with Gasteiger partial charge < -0.3 is 5.32 Å². The number of nitrogens with one attached hydrogen (secondary N) is 1. The van der Waals surface area contributed by atoms with Crippen LogP contribution in [0.2, 0.25) is 0 Å². The summed E-state index contributed by atoms with van der Waals surface area (Å²) in [7, 11) is 0. The van der Waals surface area contributed by atoms with Crippen LogP contribution in [0.25, 0.3) is 0 Å². The highest BCUT2D eigenvalue weighted by Crippen LogP contribution is 2.22. The number of hydrogen-bond acceptors (Lipinski definition) is 3. The Labute approximate surface area is 134 Å². The predicted octanol–water partition coefficient (Wildman–Crippen LogP) is 3.94. The molecule has 1 N–H and O–H groups in total. The molecule has 1 aliphatic rings. The van der Waals surface area contributed by atoms with Crippen molar-refractivity contribution < 1.29 is 0 Å². The van der Waals surface area contributed by atoms with Crippen LogP contribution in [-0.4, -0.2) is 42.1 Å². The fourth-order valence-corrected chi connectivity index (χ4v) is 3.79. The molecule has 1 fully saturated rings. The van der Waals surface area contributed by atoms with Crippen LogP contribution in [0.1, 0.15) is 44.7 Å². The van der Waals surface area contributed by atoms with Crippen molar-refractivity contribution in [2.75, 3.05) is 31.1 Å². The number of thioether (sulfide) groups is 1. The standard InChI is InChI=1S/C18H30N2S/c1-3-9-17-14-19-18(16-10-6-5-7-11-16)15-20(17)12-8-13-21-4-2/h5-7,10-11,17-19H,3-4,8-9,12-15H2,1-2H3. The summed E-state index contributed by atoms with van der Waals surface area (Å²) < 4.78 is 0. The van der Waals surface area contributed by atoms with Crippen LogP contribution in [0.4, 0.5) is 0 Å². The second kappa shape index (κ2) is 9.50. The second-order valence-electron chi connectivity index (χ2n) is 5.86. The molecule has 0 saturated carbocycles. The highest BCUT2D eigenvalue weighted by molar-refractivity contribution is 7.99. The van der Waals surface area contributed by atoms with Crippen LogP contribution in [0, 0.1) is 0 Å². The zero-order valence-corrected chi connectivity index (χ0v) is 14.4. The number of nitrogens with zero attached hydrogens (tertiary/aromatic N) is 1. The summed E-state index contributed by atoms with van der Waals surface area (Å²) in [4.78, 5) is 2.73. The molecule has 2 nitrogen and oxygen atoms in total. The monoisotopic (exact) mass is 306 g/mol. The van der Waals surface area contributed by atoms with Crippen LogP contribution in [0.15, 0.2) is 30.3 Å². The highest BCUT2D eigenvalue weighted by atomic mass is 32.2. The lowest BCUT2D eigenvalue weighted by Crippen LogP contribution is -2.52. The topological polar surface area (TPSA) is 15.3 Å². The smallest absolute Gasteiger partial charge is 0.0449 e. The maximum absolute atomic E-state index is 3.75. The van der Waals surface area contributed by atoms with Gasteiger partial charge in [0.2, 0.25) is 0 Å². The zero-order valence-electron chi connectivity index (χ0n) is 13.6. The van der Waals surface area contributed by atoms with E-state index in [0.717, 1.165) is 19.1 Å². The Bertz CT molecular complexity index is 382. The Hall–Kier alpha value is -0.510. The molecule has 118 valence electrons. The molecule has 3 heteroatoms. The van der Waals surface area contributed by atoms with Crippen molar-refractivity contribution in [1.82, 2.24) is 10.2 Å². The number of hydrogen-bond donors (Lipinski definition) is 1. The molecule has 0 amide bonds. The van der Waals surface area contributed by atoms with Gasteiger partial charge in [0.15, 0.2) is 0 Å². The first kappa shape index (κ1) is 16.9. The summed E-state index contributed by atoms with van der Waals surface area (Å²) in [6.45, 7) is 8.09. The van der Waals surface area contributed by atoms with Crippen LogP contribution in [0.5, 0.6) is 0 Å². The molecular weight excluding hydrogens is 276 g/mol. The molecule has 2 rings (SSSR count). The van der Waals surface area contributed by atoms with E-state index in [4.69, 9.17) is 0 Å². The van der Waals surface area contributed by atoms with Crippen molar-refractivity contribution in [2.24, 2.45) is 0 Å². The van der Waals surface area contributed by atoms with E-state index >= 15 is 0 Å². The molecule has 1 aromatic carbocycles. The maximum Gasteiger partial charge on any atom is 0.0449 e. The first-order valence-corrected chi connectivity index (χ1v) is 9.60. The normalized spacial score (nSPS) is 23.3. The van der Waals surface area contributed by atoms with Gasteiger partial charge in [-0.1, -0.05) is 50.6 Å². The summed E-state index contributed by atoms with van der Waals surface area (Å²) in [6, 6.07) is 12.1. The SMILES string of the molecule is CCCC1CNC(c2ccccc2)CN1CCCSCC. The summed E-state index contributed by atoms with van der Waals surface area (Å²) in [5, 5.41) is 3.75. The molecule has 21 heavy (non-hydrogen) atoms. The molecule has 1 aliphatic heterocycles. The minimum absolute atomic E-state index is 0.498. The number of rotatable bonds is 8. The maximum atomic E-state index is 3.75. The highest BCUT2D eigenvalue weighted by Gasteiger charge is 2.27. The summed E-state index contributed by atoms with van der Waals surface area (Å²) in [5.74, 6) is 2.54. The van der Waals surface area contributed by atoms with Gasteiger partial charge in [-0.3, -0.25) is 4.90 Å². The van der Waals surface area contributed by atoms with Crippen LogP contribution < -0.4 is 5.32 Å². The molecule has 0 aliphatic carbocycles. The lowest BCUT2D eigenvalue weighted by atomic mass is 9.99. The van der Waals surface area contributed by atoms with Gasteiger partial charge in [-0.15, -0.1) is 0 Å². The quantitative estimate of drug-likeness (QED) is 0.732. The Balaban J connectivity index is 1.91. The molecule has 1 aromatic rings. The molecule has 0 radical (unpaired) electrons. The van der Waals surface area contributed by atoms with Crippen LogP contribution in [0.3, 0.4) is 0 Å². The van der Waals surface area contributed by atoms with Gasteiger partial charge in [-0.25, -0.2) is 0 Å². The second-order valence-corrected chi connectivity index (χ2v) is 7.25. The zero-order chi connectivity index (χ0) is 14.9. The van der Waals surface area contributed by atoms with Crippen LogP contribution >= 0.6 is 11.8 Å². The van der Waals surface area contributed by atoms with Crippen LogP contribution in [-0.2, 0) is 0 Å². The average molecular weight is 307 g/mol. The van der Waals surface area contributed by atoms with Crippen molar-refractivity contribution in [3.05, 3.63) is 35.9 Å². The molecule has 0 spiro atoms. The largest absolute Gasteiger partial charge is 0.307 e. The van der Waals surface area contributed by atoms with Gasteiger partial charge in [0.05, 0.1) is 0 Å². The van der Waals surface area contributed by atoms with Gasteiger partial charge in [0, 0.05) is 25.2 Å². The summed E-state index contributed by atoms with van der Waals surface area (Å²) in [6.07, 6.45) is 3.91. The third-order valence-corrected chi connectivity index (χ3v) is 5.28.